The third kappa shape index (κ3) is 4.67. The molecule has 0 unspecified atom stereocenters. The summed E-state index contributed by atoms with van der Waals surface area (Å²) in [5, 5.41) is 6.11. The highest BCUT2D eigenvalue weighted by Gasteiger charge is 2.14. The van der Waals surface area contributed by atoms with Crippen LogP contribution in [0, 0.1) is 0 Å². The van der Waals surface area contributed by atoms with Gasteiger partial charge in [0.1, 0.15) is 0 Å². The van der Waals surface area contributed by atoms with Crippen LogP contribution in [0.4, 0.5) is 5.69 Å². The SMILES string of the molecule is CSc1ccc(C(=O)COC(=O)c2ccsc2)cc1NC(C)=O. The van der Waals surface area contributed by atoms with Gasteiger partial charge in [0.2, 0.25) is 5.91 Å². The molecule has 2 aromatic rings. The van der Waals surface area contributed by atoms with Crippen LogP contribution in [0.15, 0.2) is 39.9 Å². The quantitative estimate of drug-likeness (QED) is 0.491. The van der Waals surface area contributed by atoms with E-state index in [4.69, 9.17) is 4.74 Å². The van der Waals surface area contributed by atoms with Crippen molar-refractivity contribution >= 4 is 46.4 Å². The second kappa shape index (κ2) is 7.94. The van der Waals surface area contributed by atoms with Gasteiger partial charge in [-0.1, -0.05) is 6.07 Å². The van der Waals surface area contributed by atoms with Crippen LogP contribution in [0.5, 0.6) is 0 Å². The summed E-state index contributed by atoms with van der Waals surface area (Å²) in [6.07, 6.45) is 1.88. The highest BCUT2D eigenvalue weighted by Crippen LogP contribution is 2.26. The smallest absolute Gasteiger partial charge is 0.339 e. The maximum atomic E-state index is 12.2. The average Bonchev–Trinajstić information content (AvgIpc) is 3.06. The third-order valence-electron chi connectivity index (χ3n) is 2.92. The van der Waals surface area contributed by atoms with Crippen molar-refractivity contribution in [3.05, 3.63) is 46.2 Å². The van der Waals surface area contributed by atoms with Gasteiger partial charge >= 0.3 is 5.97 Å². The Bertz CT molecular complexity index is 726. The van der Waals surface area contributed by atoms with E-state index >= 15 is 0 Å². The summed E-state index contributed by atoms with van der Waals surface area (Å²) in [5.74, 6) is -1.07. The third-order valence-corrected chi connectivity index (χ3v) is 4.40. The molecular formula is C16H15NO4S2. The van der Waals surface area contributed by atoms with E-state index < -0.39 is 5.97 Å². The minimum absolute atomic E-state index is 0.214. The first-order chi connectivity index (χ1) is 11.0. The van der Waals surface area contributed by atoms with E-state index in [1.807, 2.05) is 6.26 Å². The van der Waals surface area contributed by atoms with Crippen LogP contribution in [-0.4, -0.2) is 30.5 Å². The second-order valence-electron chi connectivity index (χ2n) is 4.61. The van der Waals surface area contributed by atoms with Crippen LogP contribution in [0.25, 0.3) is 0 Å². The molecule has 0 aliphatic heterocycles. The minimum atomic E-state index is -0.526. The molecule has 0 spiro atoms. The fourth-order valence-corrected chi connectivity index (χ4v) is 3.01. The first-order valence-electron chi connectivity index (χ1n) is 6.69. The zero-order chi connectivity index (χ0) is 16.8. The Morgan fingerprint density at radius 1 is 1.22 bits per heavy atom. The van der Waals surface area contributed by atoms with Gasteiger partial charge in [-0.2, -0.15) is 11.3 Å². The summed E-state index contributed by atoms with van der Waals surface area (Å²) in [6, 6.07) is 6.63. The highest BCUT2D eigenvalue weighted by molar-refractivity contribution is 7.98. The molecule has 120 valence electrons. The number of hydrogen-bond donors (Lipinski definition) is 1. The molecule has 2 rings (SSSR count). The number of carbonyl (C=O) groups is 3. The van der Waals surface area contributed by atoms with E-state index in [1.165, 1.54) is 30.0 Å². The Morgan fingerprint density at radius 2 is 2.00 bits per heavy atom. The maximum Gasteiger partial charge on any atom is 0.339 e. The van der Waals surface area contributed by atoms with E-state index in [2.05, 4.69) is 5.32 Å². The van der Waals surface area contributed by atoms with Crippen molar-refractivity contribution in [2.75, 3.05) is 18.2 Å². The van der Waals surface area contributed by atoms with Gasteiger partial charge in [0, 0.05) is 22.8 Å². The van der Waals surface area contributed by atoms with Crippen LogP contribution in [0.3, 0.4) is 0 Å². The molecule has 0 fully saturated rings. The van der Waals surface area contributed by atoms with Crippen molar-refractivity contribution in [3.63, 3.8) is 0 Å². The predicted molar refractivity (Wildman–Crippen MR) is 91.5 cm³/mol. The molecule has 1 aromatic heterocycles. The molecule has 0 saturated heterocycles. The van der Waals surface area contributed by atoms with Crippen LogP contribution >= 0.6 is 23.1 Å². The minimum Gasteiger partial charge on any atom is -0.454 e. The lowest BCUT2D eigenvalue weighted by atomic mass is 10.1. The molecule has 0 radical (unpaired) electrons. The van der Waals surface area contributed by atoms with Crippen molar-refractivity contribution < 1.29 is 19.1 Å². The normalized spacial score (nSPS) is 10.2. The molecule has 1 aromatic carbocycles. The van der Waals surface area contributed by atoms with E-state index in [0.717, 1.165) is 4.90 Å². The van der Waals surface area contributed by atoms with Gasteiger partial charge < -0.3 is 10.1 Å². The number of benzene rings is 1. The zero-order valence-electron chi connectivity index (χ0n) is 12.6. The van der Waals surface area contributed by atoms with E-state index in [-0.39, 0.29) is 18.3 Å². The molecule has 0 aliphatic rings. The molecule has 0 saturated carbocycles. The first kappa shape index (κ1) is 17.2. The maximum absolute atomic E-state index is 12.2. The van der Waals surface area contributed by atoms with Gasteiger partial charge in [0.05, 0.1) is 11.3 Å². The van der Waals surface area contributed by atoms with E-state index in [0.29, 0.717) is 16.8 Å². The molecule has 0 aliphatic carbocycles. The number of hydrogen-bond acceptors (Lipinski definition) is 6. The van der Waals surface area contributed by atoms with Crippen LogP contribution in [0.2, 0.25) is 0 Å². The summed E-state index contributed by atoms with van der Waals surface area (Å²) in [6.45, 7) is 1.06. The Labute approximate surface area is 142 Å². The number of ether oxygens (including phenoxy) is 1. The van der Waals surface area contributed by atoms with Crippen molar-refractivity contribution in [2.45, 2.75) is 11.8 Å². The number of esters is 1. The molecule has 1 heterocycles. The van der Waals surface area contributed by atoms with Gasteiger partial charge in [-0.15, -0.1) is 11.8 Å². The molecule has 0 bridgehead atoms. The van der Waals surface area contributed by atoms with E-state index in [9.17, 15) is 14.4 Å². The number of Topliss-reactive ketones (excluding diaryl/α,β-unsaturated/α-hetero) is 1. The van der Waals surface area contributed by atoms with Crippen LogP contribution in [0.1, 0.15) is 27.6 Å². The number of nitrogens with one attached hydrogen (secondary N) is 1. The molecule has 7 heteroatoms. The summed E-state index contributed by atoms with van der Waals surface area (Å²) in [5.41, 5.74) is 1.38. The Balaban J connectivity index is 2.07. The zero-order valence-corrected chi connectivity index (χ0v) is 14.3. The molecule has 5 nitrogen and oxygen atoms in total. The Hall–Kier alpha value is -2.12. The molecule has 1 amide bonds. The number of amides is 1. The topological polar surface area (TPSA) is 72.5 Å². The number of anilines is 1. The fraction of sp³-hybridized carbons (Fsp3) is 0.188. The summed E-state index contributed by atoms with van der Waals surface area (Å²) < 4.78 is 5.01. The average molecular weight is 349 g/mol. The van der Waals surface area contributed by atoms with Crippen molar-refractivity contribution in [2.24, 2.45) is 0 Å². The lowest BCUT2D eigenvalue weighted by Crippen LogP contribution is -2.14. The Morgan fingerprint density at radius 3 is 2.61 bits per heavy atom. The lowest BCUT2D eigenvalue weighted by Gasteiger charge is -2.10. The van der Waals surface area contributed by atoms with Gasteiger partial charge in [0.25, 0.3) is 0 Å². The van der Waals surface area contributed by atoms with Crippen LogP contribution in [-0.2, 0) is 9.53 Å². The van der Waals surface area contributed by atoms with Gasteiger partial charge in [-0.25, -0.2) is 4.79 Å². The molecule has 1 N–H and O–H groups in total. The van der Waals surface area contributed by atoms with Crippen molar-refractivity contribution in [3.8, 4) is 0 Å². The van der Waals surface area contributed by atoms with Crippen molar-refractivity contribution in [1.29, 1.82) is 0 Å². The lowest BCUT2D eigenvalue weighted by molar-refractivity contribution is -0.114. The first-order valence-corrected chi connectivity index (χ1v) is 8.86. The summed E-state index contributed by atoms with van der Waals surface area (Å²) in [4.78, 5) is 36.0. The Kier molecular flexibility index (Phi) is 5.95. The summed E-state index contributed by atoms with van der Waals surface area (Å²) >= 11 is 2.85. The van der Waals surface area contributed by atoms with Gasteiger partial charge in [-0.3, -0.25) is 9.59 Å². The molecule has 0 atom stereocenters. The predicted octanol–water partition coefficient (Wildman–Crippen LogP) is 3.47. The molecular weight excluding hydrogens is 334 g/mol. The van der Waals surface area contributed by atoms with Crippen molar-refractivity contribution in [1.82, 2.24) is 0 Å². The number of thioether (sulfide) groups is 1. The number of carbonyl (C=O) groups excluding carboxylic acids is 3. The fourth-order valence-electron chi connectivity index (χ4n) is 1.85. The number of thiophene rings is 1. The monoisotopic (exact) mass is 349 g/mol. The second-order valence-corrected chi connectivity index (χ2v) is 6.24. The van der Waals surface area contributed by atoms with Gasteiger partial charge in [0.15, 0.2) is 12.4 Å². The van der Waals surface area contributed by atoms with Crippen LogP contribution < -0.4 is 5.32 Å². The molecule has 23 heavy (non-hydrogen) atoms. The highest BCUT2D eigenvalue weighted by atomic mass is 32.2. The van der Waals surface area contributed by atoms with E-state index in [1.54, 1.807) is 35.0 Å². The van der Waals surface area contributed by atoms with Gasteiger partial charge in [-0.05, 0) is 29.8 Å². The number of ketones is 1. The standard InChI is InChI=1S/C16H15NO4S2/c1-10(18)17-13-7-11(3-4-15(13)22-2)14(19)8-21-16(20)12-5-6-23-9-12/h3-7,9H,8H2,1-2H3,(H,17,18). The number of rotatable bonds is 6. The summed E-state index contributed by atoms with van der Waals surface area (Å²) in [7, 11) is 0. The largest absolute Gasteiger partial charge is 0.454 e.